The predicted molar refractivity (Wildman–Crippen MR) is 201 cm³/mol. The summed E-state index contributed by atoms with van der Waals surface area (Å²) in [5.41, 5.74) is 5.40. The Morgan fingerprint density at radius 3 is 1.45 bits per heavy atom. The Kier molecular flexibility index (Phi) is 27.4. The normalized spacial score (nSPS) is 12.8. The number of carbonyl (C=O) groups excluding carboxylic acids is 8. The van der Waals surface area contributed by atoms with Crippen molar-refractivity contribution in [2.75, 3.05) is 19.7 Å². The lowest BCUT2D eigenvalue weighted by Crippen LogP contribution is -2.51. The average molecular weight is 800 g/mol. The molecule has 0 aliphatic rings. The molecule has 0 saturated heterocycles. The van der Waals surface area contributed by atoms with E-state index in [-0.39, 0.29) is 69.0 Å². The first-order valence-corrected chi connectivity index (χ1v) is 19.1. The number of urea groups is 1. The first-order chi connectivity index (χ1) is 26.5. The van der Waals surface area contributed by atoms with Crippen molar-refractivity contribution in [3.63, 3.8) is 0 Å². The zero-order valence-corrected chi connectivity index (χ0v) is 32.5. The molecule has 0 aromatic rings. The molecule has 20 heteroatoms. The summed E-state index contributed by atoms with van der Waals surface area (Å²) in [6, 6.07) is -5.66. The van der Waals surface area contributed by atoms with E-state index in [4.69, 9.17) is 5.73 Å². The number of carbonyl (C=O) groups is 10. The number of amides is 7. The molecule has 0 aromatic heterocycles. The molecule has 0 aliphatic carbocycles. The Bertz CT molecular complexity index is 1330. The van der Waals surface area contributed by atoms with Gasteiger partial charge in [0, 0.05) is 51.6 Å². The maximum Gasteiger partial charge on any atom is 0.326 e. The smallest absolute Gasteiger partial charge is 0.326 e. The van der Waals surface area contributed by atoms with Crippen molar-refractivity contribution in [3.8, 4) is 0 Å². The van der Waals surface area contributed by atoms with Gasteiger partial charge in [0.25, 0.3) is 0 Å². The van der Waals surface area contributed by atoms with Gasteiger partial charge in [-0.15, -0.1) is 0 Å². The largest absolute Gasteiger partial charge is 0.480 e. The van der Waals surface area contributed by atoms with Crippen molar-refractivity contribution in [1.82, 2.24) is 31.9 Å². The lowest BCUT2D eigenvalue weighted by atomic mass is 10.1. The molecule has 0 spiro atoms. The summed E-state index contributed by atoms with van der Waals surface area (Å²) < 4.78 is 0. The molecule has 0 heterocycles. The van der Waals surface area contributed by atoms with E-state index < -0.39 is 72.2 Å². The zero-order chi connectivity index (χ0) is 42.5. The average Bonchev–Trinajstić information content (AvgIpc) is 3.13. The molecule has 11 N–H and O–H groups in total. The van der Waals surface area contributed by atoms with E-state index in [0.717, 1.165) is 12.8 Å². The monoisotopic (exact) mass is 799 g/mol. The van der Waals surface area contributed by atoms with Crippen molar-refractivity contribution >= 4 is 59.1 Å². The zero-order valence-electron chi connectivity index (χ0n) is 32.5. The summed E-state index contributed by atoms with van der Waals surface area (Å²) in [7, 11) is 0. The maximum absolute atomic E-state index is 12.3. The van der Waals surface area contributed by atoms with Crippen LogP contribution in [0.4, 0.5) is 4.79 Å². The second-order valence-corrected chi connectivity index (χ2v) is 13.4. The van der Waals surface area contributed by atoms with Gasteiger partial charge in [-0.1, -0.05) is 19.8 Å². The van der Waals surface area contributed by atoms with Crippen LogP contribution < -0.4 is 37.6 Å². The van der Waals surface area contributed by atoms with E-state index in [1.807, 2.05) is 0 Å². The summed E-state index contributed by atoms with van der Waals surface area (Å²) in [6.07, 6.45) is 4.86. The van der Waals surface area contributed by atoms with Crippen molar-refractivity contribution in [2.45, 2.75) is 147 Å². The highest BCUT2D eigenvalue weighted by Crippen LogP contribution is 2.08. The molecule has 0 rings (SSSR count). The van der Waals surface area contributed by atoms with Gasteiger partial charge in [-0.25, -0.2) is 14.4 Å². The van der Waals surface area contributed by atoms with Crippen LogP contribution >= 0.6 is 0 Å². The van der Waals surface area contributed by atoms with Crippen LogP contribution in [0.15, 0.2) is 0 Å². The number of Topliss-reactive ketones (excluding diaryl/α,β-unsaturated/α-hetero) is 2. The Morgan fingerprint density at radius 1 is 0.518 bits per heavy atom. The van der Waals surface area contributed by atoms with Gasteiger partial charge in [-0.3, -0.25) is 28.8 Å². The SMILES string of the molecule is CCC(=O)NC(CO)C(=O)CCC(=O)NC(CCCCNC(=O)CCCCCCC(=O)NCCCC[C@H](NC(=O)N[C@@H](CCC(C)=O)C(=O)O)C(=O)O)C(N)=O. The standard InChI is InChI=1S/C36H61N7O13/c1-3-29(47)41-27(22-44)28(46)18-19-32(50)40-24(33(37)51)12-8-10-20-38-30(48)14-6-4-5-7-15-31(49)39-21-11-9-13-25(34(52)53)42-36(56)43-26(35(54)55)17-16-23(2)45/h24-27,44H,3-22H2,1-2H3,(H2,37,51)(H,38,48)(H,39,49)(H,40,50)(H,41,47)(H,52,53)(H,54,55)(H2,42,43,56)/t24?,25-,26-,27?/m0/s1. The van der Waals surface area contributed by atoms with Crippen LogP contribution in [0.5, 0.6) is 0 Å². The summed E-state index contributed by atoms with van der Waals surface area (Å²) in [4.78, 5) is 118. The molecule has 0 saturated carbocycles. The third-order valence-corrected chi connectivity index (χ3v) is 8.54. The number of unbranched alkanes of at least 4 members (excludes halogenated alkanes) is 5. The highest BCUT2D eigenvalue weighted by atomic mass is 16.4. The molecule has 7 amide bonds. The highest BCUT2D eigenvalue weighted by Gasteiger charge is 2.25. The van der Waals surface area contributed by atoms with Crippen molar-refractivity contribution < 1.29 is 63.3 Å². The summed E-state index contributed by atoms with van der Waals surface area (Å²) in [6.45, 7) is 2.95. The fraction of sp³-hybridized carbons (Fsp3) is 0.722. The number of aliphatic hydroxyl groups is 1. The number of carboxylic acid groups (broad SMARTS) is 2. The number of hydrogen-bond donors (Lipinski definition) is 10. The quantitative estimate of drug-likeness (QED) is 0.0381. The molecule has 20 nitrogen and oxygen atoms in total. The second-order valence-electron chi connectivity index (χ2n) is 13.4. The van der Waals surface area contributed by atoms with Gasteiger partial charge in [-0.05, 0) is 64.7 Å². The van der Waals surface area contributed by atoms with Gasteiger partial charge in [0.05, 0.1) is 6.61 Å². The van der Waals surface area contributed by atoms with E-state index in [0.29, 0.717) is 58.0 Å². The van der Waals surface area contributed by atoms with Crippen LogP contribution in [0.1, 0.15) is 123 Å². The van der Waals surface area contributed by atoms with Crippen LogP contribution in [-0.2, 0) is 43.2 Å². The van der Waals surface area contributed by atoms with Gasteiger partial charge in [0.1, 0.15) is 30.0 Å². The molecule has 4 atom stereocenters. The first kappa shape index (κ1) is 50.9. The number of carboxylic acids is 2. The van der Waals surface area contributed by atoms with Gasteiger partial charge >= 0.3 is 18.0 Å². The van der Waals surface area contributed by atoms with E-state index in [2.05, 4.69) is 31.9 Å². The lowest BCUT2D eigenvalue weighted by Gasteiger charge is -2.18. The number of nitrogens with two attached hydrogens (primary N) is 1. The number of aliphatic hydroxyl groups excluding tert-OH is 1. The Morgan fingerprint density at radius 2 is 1.00 bits per heavy atom. The van der Waals surface area contributed by atoms with Crippen LogP contribution in [-0.4, -0.2) is 118 Å². The Balaban J connectivity index is 4.11. The minimum Gasteiger partial charge on any atom is -0.480 e. The minimum atomic E-state index is -1.35. The van der Waals surface area contributed by atoms with E-state index in [1.165, 1.54) is 6.92 Å². The van der Waals surface area contributed by atoms with Crippen molar-refractivity contribution in [2.24, 2.45) is 5.73 Å². The van der Waals surface area contributed by atoms with Gasteiger partial charge < -0.3 is 57.7 Å². The van der Waals surface area contributed by atoms with Crippen LogP contribution in [0.25, 0.3) is 0 Å². The van der Waals surface area contributed by atoms with Gasteiger partial charge in [0.2, 0.25) is 29.5 Å². The molecule has 2 unspecified atom stereocenters. The number of hydrogen-bond acceptors (Lipinski definition) is 11. The lowest BCUT2D eigenvalue weighted by molar-refractivity contribution is -0.139. The number of aliphatic carboxylic acids is 2. The summed E-state index contributed by atoms with van der Waals surface area (Å²) in [5, 5.41) is 42.7. The molecule has 56 heavy (non-hydrogen) atoms. The molecular weight excluding hydrogens is 738 g/mol. The summed E-state index contributed by atoms with van der Waals surface area (Å²) in [5.74, 6) is -5.44. The number of nitrogens with one attached hydrogen (secondary N) is 6. The second kappa shape index (κ2) is 30.1. The third-order valence-electron chi connectivity index (χ3n) is 8.54. The van der Waals surface area contributed by atoms with Crippen molar-refractivity contribution in [1.29, 1.82) is 0 Å². The fourth-order valence-corrected chi connectivity index (χ4v) is 5.21. The topological polar surface area (TPSA) is 330 Å². The molecule has 0 fully saturated rings. The van der Waals surface area contributed by atoms with Crippen LogP contribution in [0.2, 0.25) is 0 Å². The molecule has 0 bridgehead atoms. The van der Waals surface area contributed by atoms with Crippen molar-refractivity contribution in [3.05, 3.63) is 0 Å². The Hall–Kier alpha value is -5.14. The van der Waals surface area contributed by atoms with Crippen LogP contribution in [0.3, 0.4) is 0 Å². The van der Waals surface area contributed by atoms with Crippen LogP contribution in [0, 0.1) is 0 Å². The number of primary amides is 1. The van der Waals surface area contributed by atoms with E-state index in [1.54, 1.807) is 6.92 Å². The minimum absolute atomic E-state index is 0.0519. The van der Waals surface area contributed by atoms with E-state index in [9.17, 15) is 63.3 Å². The molecule has 0 aromatic carbocycles. The molecule has 0 aliphatic heterocycles. The number of ketones is 2. The van der Waals surface area contributed by atoms with Gasteiger partial charge in [-0.2, -0.15) is 0 Å². The third kappa shape index (κ3) is 25.8. The maximum atomic E-state index is 12.3. The fourth-order valence-electron chi connectivity index (χ4n) is 5.21. The predicted octanol–water partition coefficient (Wildman–Crippen LogP) is -0.319. The highest BCUT2D eigenvalue weighted by molar-refractivity contribution is 5.93. The number of rotatable bonds is 33. The van der Waals surface area contributed by atoms with Gasteiger partial charge in [0.15, 0.2) is 5.78 Å². The molecule has 318 valence electrons. The Labute approximate surface area is 326 Å². The molecular formula is C36H61N7O13. The first-order valence-electron chi connectivity index (χ1n) is 19.1. The summed E-state index contributed by atoms with van der Waals surface area (Å²) >= 11 is 0. The van der Waals surface area contributed by atoms with E-state index >= 15 is 0 Å². The molecule has 0 radical (unpaired) electrons.